The molecule has 3 rings (SSSR count). The van der Waals surface area contributed by atoms with Crippen LogP contribution >= 0.6 is 0 Å². The molecule has 0 saturated carbocycles. The summed E-state index contributed by atoms with van der Waals surface area (Å²) in [5.74, 6) is -0.700. The third-order valence-electron chi connectivity index (χ3n) is 4.71. The number of nitrogens with one attached hydrogen (secondary N) is 1. The number of carbonyl (C=O) groups is 1. The molecule has 2 heterocycles. The Kier molecular flexibility index (Phi) is 6.29. The van der Waals surface area contributed by atoms with Gasteiger partial charge in [-0.25, -0.2) is 9.97 Å². The predicted molar refractivity (Wildman–Crippen MR) is 103 cm³/mol. The molecule has 1 unspecified atom stereocenters. The maximum atomic E-state index is 13.2. The van der Waals surface area contributed by atoms with Crippen LogP contribution in [0.2, 0.25) is 0 Å². The maximum Gasteiger partial charge on any atom is 0.416 e. The van der Waals surface area contributed by atoms with Gasteiger partial charge in [-0.3, -0.25) is 4.79 Å². The molecule has 1 N–H and O–H groups in total. The van der Waals surface area contributed by atoms with Crippen molar-refractivity contribution in [2.45, 2.75) is 25.3 Å². The molecule has 0 fully saturated rings. The van der Waals surface area contributed by atoms with Crippen molar-refractivity contribution in [3.05, 3.63) is 59.2 Å². The molecule has 1 atom stereocenters. The fraction of sp³-hybridized carbons (Fsp3) is 0.316. The Morgan fingerprint density at radius 3 is 2.06 bits per heavy atom. The number of carbonyl (C=O) groups excluding carboxylic acids is 1. The number of anilines is 1. The quantitative estimate of drug-likeness (QED) is 0.565. The molecule has 0 aliphatic heterocycles. The fourth-order valence-corrected chi connectivity index (χ4v) is 2.88. The van der Waals surface area contributed by atoms with Crippen molar-refractivity contribution in [1.82, 2.24) is 29.6 Å². The molecule has 33 heavy (non-hydrogen) atoms. The Hall–Kier alpha value is -3.71. The summed E-state index contributed by atoms with van der Waals surface area (Å²) in [6.07, 6.45) is -7.28. The van der Waals surface area contributed by atoms with E-state index in [1.807, 2.05) is 0 Å². The van der Waals surface area contributed by atoms with Gasteiger partial charge in [0, 0.05) is 32.1 Å². The lowest BCUT2D eigenvalue weighted by Crippen LogP contribution is -2.32. The van der Waals surface area contributed by atoms with Crippen molar-refractivity contribution >= 4 is 11.9 Å². The van der Waals surface area contributed by atoms with Crippen LogP contribution in [0.3, 0.4) is 0 Å². The molecule has 0 spiro atoms. The largest absolute Gasteiger partial charge is 0.416 e. The summed E-state index contributed by atoms with van der Waals surface area (Å²) in [6, 6.07) is 1.35. The first-order valence-corrected chi connectivity index (χ1v) is 9.31. The summed E-state index contributed by atoms with van der Waals surface area (Å²) >= 11 is 0. The second-order valence-electron chi connectivity index (χ2n) is 6.89. The second-order valence-corrected chi connectivity index (χ2v) is 6.89. The van der Waals surface area contributed by atoms with E-state index in [-0.39, 0.29) is 23.8 Å². The summed E-state index contributed by atoms with van der Waals surface area (Å²) in [4.78, 5) is 26.2. The Morgan fingerprint density at radius 1 is 1.03 bits per heavy atom. The number of benzene rings is 1. The van der Waals surface area contributed by atoms with Gasteiger partial charge in [0.05, 0.1) is 17.2 Å². The zero-order chi connectivity index (χ0) is 24.6. The van der Waals surface area contributed by atoms with Crippen molar-refractivity contribution in [3.8, 4) is 5.95 Å². The van der Waals surface area contributed by atoms with Crippen LogP contribution in [-0.4, -0.2) is 49.6 Å². The van der Waals surface area contributed by atoms with E-state index in [2.05, 4.69) is 25.4 Å². The number of halogens is 6. The smallest absolute Gasteiger partial charge is 0.356 e. The number of aromatic nitrogens is 5. The van der Waals surface area contributed by atoms with Gasteiger partial charge in [-0.1, -0.05) is 0 Å². The van der Waals surface area contributed by atoms with Crippen LogP contribution in [0.15, 0.2) is 36.7 Å². The van der Waals surface area contributed by atoms with Crippen LogP contribution in [-0.2, 0) is 12.4 Å². The lowest BCUT2D eigenvalue weighted by Gasteiger charge is -2.25. The molecule has 1 amide bonds. The van der Waals surface area contributed by atoms with Gasteiger partial charge in [-0.15, -0.1) is 5.10 Å². The number of nitrogens with zero attached hydrogens (tertiary/aromatic N) is 6. The van der Waals surface area contributed by atoms with Crippen LogP contribution in [0.5, 0.6) is 0 Å². The number of amides is 1. The second kappa shape index (κ2) is 8.67. The van der Waals surface area contributed by atoms with Crippen molar-refractivity contribution in [1.29, 1.82) is 0 Å². The van der Waals surface area contributed by atoms with Gasteiger partial charge in [0.1, 0.15) is 0 Å². The summed E-state index contributed by atoms with van der Waals surface area (Å²) in [6.45, 7) is 1.49. The van der Waals surface area contributed by atoms with Crippen LogP contribution in [0.1, 0.15) is 40.3 Å². The van der Waals surface area contributed by atoms with E-state index in [4.69, 9.17) is 0 Å². The molecule has 0 saturated heterocycles. The highest BCUT2D eigenvalue weighted by atomic mass is 19.4. The molecule has 2 aromatic heterocycles. The molecule has 0 aliphatic carbocycles. The van der Waals surface area contributed by atoms with Gasteiger partial charge < -0.3 is 10.2 Å². The van der Waals surface area contributed by atoms with E-state index in [0.29, 0.717) is 12.1 Å². The molecular weight excluding hydrogens is 456 g/mol. The molecular formula is C19H17F6N7O. The van der Waals surface area contributed by atoms with Crippen molar-refractivity contribution in [2.24, 2.45) is 0 Å². The summed E-state index contributed by atoms with van der Waals surface area (Å²) in [7, 11) is 2.76. The Bertz CT molecular complexity index is 1110. The van der Waals surface area contributed by atoms with Gasteiger partial charge in [0.15, 0.2) is 5.82 Å². The molecule has 176 valence electrons. The third-order valence-corrected chi connectivity index (χ3v) is 4.71. The van der Waals surface area contributed by atoms with Crippen molar-refractivity contribution < 1.29 is 31.1 Å². The zero-order valence-electron chi connectivity index (χ0n) is 17.4. The van der Waals surface area contributed by atoms with E-state index >= 15 is 0 Å². The van der Waals surface area contributed by atoms with Gasteiger partial charge in [0.2, 0.25) is 5.95 Å². The summed E-state index contributed by atoms with van der Waals surface area (Å²) in [5.41, 5.74) is -3.94. The maximum absolute atomic E-state index is 13.2. The average molecular weight is 473 g/mol. The molecule has 8 nitrogen and oxygen atoms in total. The van der Waals surface area contributed by atoms with Gasteiger partial charge in [0.25, 0.3) is 11.9 Å². The lowest BCUT2D eigenvalue weighted by molar-refractivity contribution is -0.143. The number of hydrogen-bond acceptors (Lipinski definition) is 6. The minimum absolute atomic E-state index is 0.0389. The molecule has 3 aromatic rings. The average Bonchev–Trinajstić information content (AvgIpc) is 3.21. The highest BCUT2D eigenvalue weighted by Crippen LogP contribution is 2.37. The topological polar surface area (TPSA) is 88.8 Å². The first-order chi connectivity index (χ1) is 15.3. The van der Waals surface area contributed by atoms with Gasteiger partial charge in [-0.2, -0.15) is 36.0 Å². The fourth-order valence-electron chi connectivity index (χ4n) is 2.88. The molecule has 0 bridgehead atoms. The minimum Gasteiger partial charge on any atom is -0.356 e. The van der Waals surface area contributed by atoms with Crippen LogP contribution in [0.4, 0.5) is 32.3 Å². The van der Waals surface area contributed by atoms with E-state index in [9.17, 15) is 31.1 Å². The molecule has 0 radical (unpaired) electrons. The first-order valence-electron chi connectivity index (χ1n) is 9.31. The third kappa shape index (κ3) is 5.04. The van der Waals surface area contributed by atoms with Crippen molar-refractivity contribution in [2.75, 3.05) is 19.4 Å². The van der Waals surface area contributed by atoms with Gasteiger partial charge >= 0.3 is 12.4 Å². The van der Waals surface area contributed by atoms with Crippen LogP contribution < -0.4 is 5.32 Å². The molecule has 0 aliphatic rings. The van der Waals surface area contributed by atoms with E-state index < -0.39 is 41.0 Å². The standard InChI is InChI=1S/C19H17F6N7O/c1-10(14-29-16(26-2)30-32(14)17-27-5-4-6-28-17)31(3)15(33)11-7-12(18(20,21)22)9-13(8-11)19(23,24)25/h4-10H,1-3H3,(H,26,30). The zero-order valence-corrected chi connectivity index (χ0v) is 17.4. The number of alkyl halides is 6. The molecule has 1 aromatic carbocycles. The number of hydrogen-bond donors (Lipinski definition) is 1. The first kappa shape index (κ1) is 23.9. The Balaban J connectivity index is 2.02. The van der Waals surface area contributed by atoms with E-state index in [1.54, 1.807) is 6.07 Å². The SMILES string of the molecule is CNc1nc(C(C)N(C)C(=O)c2cc(C(F)(F)F)cc(C(F)(F)F)c2)n(-c2ncccn2)n1. The predicted octanol–water partition coefficient (Wildman–Crippen LogP) is 3.97. The Morgan fingerprint density at radius 2 is 1.58 bits per heavy atom. The normalized spacial score (nSPS) is 13.0. The van der Waals surface area contributed by atoms with Crippen LogP contribution in [0, 0.1) is 0 Å². The highest BCUT2D eigenvalue weighted by Gasteiger charge is 2.38. The lowest BCUT2D eigenvalue weighted by atomic mass is 10.0. The summed E-state index contributed by atoms with van der Waals surface area (Å²) < 4.78 is 80.2. The molecule has 14 heteroatoms. The minimum atomic E-state index is -5.08. The van der Waals surface area contributed by atoms with E-state index in [1.165, 1.54) is 38.1 Å². The highest BCUT2D eigenvalue weighted by molar-refractivity contribution is 5.94. The van der Waals surface area contributed by atoms with Gasteiger partial charge in [-0.05, 0) is 31.2 Å². The number of rotatable bonds is 5. The van der Waals surface area contributed by atoms with Crippen molar-refractivity contribution in [3.63, 3.8) is 0 Å². The summed E-state index contributed by atoms with van der Waals surface area (Å²) in [5, 5.41) is 6.87. The van der Waals surface area contributed by atoms with E-state index in [0.717, 1.165) is 4.90 Å². The Labute approximate surface area is 183 Å². The monoisotopic (exact) mass is 473 g/mol. The van der Waals surface area contributed by atoms with Crippen LogP contribution in [0.25, 0.3) is 5.95 Å².